The minimum Gasteiger partial charge on any atom is -0.488 e. The molecule has 1 amide bonds. The van der Waals surface area contributed by atoms with Crippen molar-refractivity contribution in [2.75, 3.05) is 6.61 Å². The minimum atomic E-state index is -2.51. The van der Waals surface area contributed by atoms with Gasteiger partial charge in [-0.1, -0.05) is 25.5 Å². The van der Waals surface area contributed by atoms with E-state index in [1.165, 1.54) is 0 Å². The lowest BCUT2D eigenvalue weighted by atomic mass is 9.96. The first-order chi connectivity index (χ1) is 9.85. The zero-order valence-electron chi connectivity index (χ0n) is 12.4. The van der Waals surface area contributed by atoms with Crippen molar-refractivity contribution in [3.63, 3.8) is 0 Å². The average Bonchev–Trinajstić information content (AvgIpc) is 2.43. The van der Waals surface area contributed by atoms with Crippen LogP contribution >= 0.6 is 0 Å². The van der Waals surface area contributed by atoms with Crippen LogP contribution in [0.15, 0.2) is 24.3 Å². The highest BCUT2D eigenvalue weighted by molar-refractivity contribution is 5.85. The van der Waals surface area contributed by atoms with Gasteiger partial charge in [0, 0.05) is 6.54 Å². The van der Waals surface area contributed by atoms with E-state index in [1.54, 1.807) is 31.2 Å². The van der Waals surface area contributed by atoms with E-state index in [4.69, 9.17) is 10.5 Å². The van der Waals surface area contributed by atoms with E-state index in [0.29, 0.717) is 12.2 Å². The molecule has 0 aliphatic carbocycles. The Kier molecular flexibility index (Phi) is 6.55. The first kappa shape index (κ1) is 17.4. The highest BCUT2D eigenvalue weighted by Gasteiger charge is 2.26. The number of hydrogen-bond acceptors (Lipinski definition) is 3. The van der Waals surface area contributed by atoms with Crippen LogP contribution in [0.4, 0.5) is 8.78 Å². The van der Waals surface area contributed by atoms with E-state index in [-0.39, 0.29) is 12.5 Å². The quantitative estimate of drug-likeness (QED) is 0.775. The second-order valence-electron chi connectivity index (χ2n) is 5.20. The molecule has 0 aliphatic heterocycles. The first-order valence-electron chi connectivity index (χ1n) is 6.92. The van der Waals surface area contributed by atoms with Crippen molar-refractivity contribution in [2.45, 2.75) is 45.2 Å². The van der Waals surface area contributed by atoms with Crippen molar-refractivity contribution in [3.05, 3.63) is 29.8 Å². The van der Waals surface area contributed by atoms with Crippen molar-refractivity contribution < 1.29 is 18.3 Å². The standard InChI is InChI=1S/C15H22F2N2O2/c1-3-7-15(2,18)14(20)19-9-11-5-4-6-12(8-11)21-10-13(16)17/h4-6,8,13H,3,7,9-10,18H2,1-2H3,(H,19,20). The number of amides is 1. The predicted octanol–water partition coefficient (Wildman–Crippen LogP) is 2.46. The molecule has 1 rings (SSSR count). The molecule has 1 atom stereocenters. The maximum Gasteiger partial charge on any atom is 0.272 e. The first-order valence-corrected chi connectivity index (χ1v) is 6.92. The summed E-state index contributed by atoms with van der Waals surface area (Å²) in [5, 5.41) is 2.75. The normalized spacial score (nSPS) is 13.8. The molecule has 0 aliphatic rings. The van der Waals surface area contributed by atoms with Gasteiger partial charge in [-0.05, 0) is 31.0 Å². The maximum atomic E-state index is 12.1. The molecule has 0 saturated carbocycles. The predicted molar refractivity (Wildman–Crippen MR) is 77.3 cm³/mol. The molecule has 0 heterocycles. The van der Waals surface area contributed by atoms with Crippen molar-refractivity contribution in [2.24, 2.45) is 5.73 Å². The molecule has 1 aromatic carbocycles. The van der Waals surface area contributed by atoms with Crippen LogP contribution in [-0.2, 0) is 11.3 Å². The molecule has 118 valence electrons. The lowest BCUT2D eigenvalue weighted by molar-refractivity contribution is -0.126. The van der Waals surface area contributed by atoms with E-state index < -0.39 is 18.6 Å². The van der Waals surface area contributed by atoms with Crippen LogP contribution in [0.3, 0.4) is 0 Å². The lowest BCUT2D eigenvalue weighted by Gasteiger charge is -2.22. The molecule has 0 radical (unpaired) electrons. The number of halogens is 2. The lowest BCUT2D eigenvalue weighted by Crippen LogP contribution is -2.51. The summed E-state index contributed by atoms with van der Waals surface area (Å²) < 4.78 is 29.1. The van der Waals surface area contributed by atoms with E-state index >= 15 is 0 Å². The van der Waals surface area contributed by atoms with Gasteiger partial charge in [0.1, 0.15) is 12.4 Å². The van der Waals surface area contributed by atoms with Gasteiger partial charge in [-0.2, -0.15) is 0 Å². The van der Waals surface area contributed by atoms with Crippen LogP contribution in [0.1, 0.15) is 32.3 Å². The fourth-order valence-corrected chi connectivity index (χ4v) is 1.92. The Balaban J connectivity index is 2.55. The monoisotopic (exact) mass is 300 g/mol. The minimum absolute atomic E-state index is 0.233. The van der Waals surface area contributed by atoms with Crippen molar-refractivity contribution in [3.8, 4) is 5.75 Å². The zero-order valence-corrected chi connectivity index (χ0v) is 12.4. The number of nitrogens with one attached hydrogen (secondary N) is 1. The van der Waals surface area contributed by atoms with Gasteiger partial charge in [0.15, 0.2) is 0 Å². The Bertz CT molecular complexity index is 465. The van der Waals surface area contributed by atoms with Gasteiger partial charge in [-0.15, -0.1) is 0 Å². The van der Waals surface area contributed by atoms with E-state index in [2.05, 4.69) is 5.32 Å². The largest absolute Gasteiger partial charge is 0.488 e. The van der Waals surface area contributed by atoms with Crippen molar-refractivity contribution in [1.29, 1.82) is 0 Å². The molecule has 0 spiro atoms. The van der Waals surface area contributed by atoms with Crippen LogP contribution in [0.2, 0.25) is 0 Å². The topological polar surface area (TPSA) is 64.4 Å². The third-order valence-electron chi connectivity index (χ3n) is 3.02. The highest BCUT2D eigenvalue weighted by Crippen LogP contribution is 2.15. The number of alkyl halides is 2. The van der Waals surface area contributed by atoms with Crippen LogP contribution in [0, 0.1) is 0 Å². The highest BCUT2D eigenvalue weighted by atomic mass is 19.3. The zero-order chi connectivity index (χ0) is 15.9. The molecule has 1 aromatic rings. The average molecular weight is 300 g/mol. The van der Waals surface area contributed by atoms with E-state index in [9.17, 15) is 13.6 Å². The SMILES string of the molecule is CCCC(C)(N)C(=O)NCc1cccc(OCC(F)F)c1. The molecule has 0 fully saturated rings. The van der Waals surface area contributed by atoms with Gasteiger partial charge in [0.2, 0.25) is 5.91 Å². The summed E-state index contributed by atoms with van der Waals surface area (Å²) in [7, 11) is 0. The Morgan fingerprint density at radius 1 is 1.48 bits per heavy atom. The van der Waals surface area contributed by atoms with Crippen molar-refractivity contribution in [1.82, 2.24) is 5.32 Å². The van der Waals surface area contributed by atoms with Gasteiger partial charge in [0.25, 0.3) is 6.43 Å². The molecular formula is C15H22F2N2O2. The van der Waals surface area contributed by atoms with Gasteiger partial charge < -0.3 is 15.8 Å². The number of rotatable bonds is 8. The number of nitrogens with two attached hydrogens (primary N) is 1. The number of ether oxygens (including phenoxy) is 1. The second kappa shape index (κ2) is 7.93. The van der Waals surface area contributed by atoms with Gasteiger partial charge in [-0.25, -0.2) is 8.78 Å². The maximum absolute atomic E-state index is 12.1. The number of hydrogen-bond donors (Lipinski definition) is 2. The smallest absolute Gasteiger partial charge is 0.272 e. The number of benzene rings is 1. The summed E-state index contributed by atoms with van der Waals surface area (Å²) in [5.41, 5.74) is 5.79. The summed E-state index contributed by atoms with van der Waals surface area (Å²) in [5.74, 6) is 0.120. The number of carbonyl (C=O) groups excluding carboxylic acids is 1. The van der Waals surface area contributed by atoms with Crippen LogP contribution < -0.4 is 15.8 Å². The fraction of sp³-hybridized carbons (Fsp3) is 0.533. The molecule has 1 unspecified atom stereocenters. The molecule has 4 nitrogen and oxygen atoms in total. The summed E-state index contributed by atoms with van der Waals surface area (Å²) in [6, 6.07) is 6.69. The van der Waals surface area contributed by atoms with Gasteiger partial charge in [0.05, 0.1) is 5.54 Å². The molecule has 21 heavy (non-hydrogen) atoms. The van der Waals surface area contributed by atoms with E-state index in [1.807, 2.05) is 6.92 Å². The van der Waals surface area contributed by atoms with E-state index in [0.717, 1.165) is 12.0 Å². The third-order valence-corrected chi connectivity index (χ3v) is 3.02. The Labute approximate surface area is 123 Å². The summed E-state index contributed by atoms with van der Waals surface area (Å²) >= 11 is 0. The third kappa shape index (κ3) is 6.08. The van der Waals surface area contributed by atoms with Crippen molar-refractivity contribution >= 4 is 5.91 Å². The fourth-order valence-electron chi connectivity index (χ4n) is 1.92. The second-order valence-corrected chi connectivity index (χ2v) is 5.20. The van der Waals surface area contributed by atoms with Gasteiger partial charge in [-0.3, -0.25) is 4.79 Å². The summed E-state index contributed by atoms with van der Waals surface area (Å²) in [6.45, 7) is 3.28. The number of carbonyl (C=O) groups is 1. The van der Waals surface area contributed by atoms with Crippen LogP contribution in [0.5, 0.6) is 5.75 Å². The molecule has 0 bridgehead atoms. The van der Waals surface area contributed by atoms with Crippen LogP contribution in [0.25, 0.3) is 0 Å². The summed E-state index contributed by atoms with van der Waals surface area (Å²) in [6.07, 6.45) is -1.10. The summed E-state index contributed by atoms with van der Waals surface area (Å²) in [4.78, 5) is 12.0. The Morgan fingerprint density at radius 3 is 2.81 bits per heavy atom. The Morgan fingerprint density at radius 2 is 2.19 bits per heavy atom. The molecule has 0 saturated heterocycles. The molecule has 0 aromatic heterocycles. The Hall–Kier alpha value is -1.69. The molecular weight excluding hydrogens is 278 g/mol. The van der Waals surface area contributed by atoms with Gasteiger partial charge >= 0.3 is 0 Å². The molecule has 6 heteroatoms. The van der Waals surface area contributed by atoms with Crippen LogP contribution in [-0.4, -0.2) is 24.5 Å². The molecule has 3 N–H and O–H groups in total.